The Morgan fingerprint density at radius 2 is 1.84 bits per heavy atom. The average Bonchev–Trinajstić information content (AvgIpc) is 3.54. The number of fused-ring (bicyclic) bond motifs is 1. The van der Waals surface area contributed by atoms with Crippen LogP contribution in [-0.2, 0) is 27.5 Å². The van der Waals surface area contributed by atoms with Crippen LogP contribution in [0.15, 0.2) is 33.7 Å². The monoisotopic (exact) mass is 458 g/mol. The second kappa shape index (κ2) is 7.78. The second-order valence-corrected chi connectivity index (χ2v) is 10.5. The van der Waals surface area contributed by atoms with Gasteiger partial charge in [-0.25, -0.2) is 9.97 Å². The van der Waals surface area contributed by atoms with Gasteiger partial charge in [-0.1, -0.05) is 33.1 Å². The molecule has 1 saturated carbocycles. The molecule has 9 heteroatoms. The van der Waals surface area contributed by atoms with Gasteiger partial charge in [-0.3, -0.25) is 0 Å². The van der Waals surface area contributed by atoms with Gasteiger partial charge in [0, 0.05) is 54.2 Å². The summed E-state index contributed by atoms with van der Waals surface area (Å²) in [6.45, 7) is 4.00. The van der Waals surface area contributed by atoms with E-state index in [9.17, 15) is 8.76 Å². The first kappa shape index (κ1) is 20.8. The smallest absolute Gasteiger partial charge is 0.240 e. The molecular formula is C22H23ClN4O3S. The van der Waals surface area contributed by atoms with E-state index >= 15 is 0 Å². The molecule has 7 nitrogen and oxygen atoms in total. The maximum Gasteiger partial charge on any atom is 0.240 e. The van der Waals surface area contributed by atoms with Gasteiger partial charge in [-0.2, -0.15) is 0 Å². The van der Waals surface area contributed by atoms with Gasteiger partial charge < -0.3 is 9.08 Å². The van der Waals surface area contributed by atoms with Crippen LogP contribution in [0.1, 0.15) is 47.3 Å². The fourth-order valence-electron chi connectivity index (χ4n) is 4.18. The molecule has 31 heavy (non-hydrogen) atoms. The minimum atomic E-state index is -3.71. The molecule has 0 amide bonds. The number of sulfonamides is 1. The summed E-state index contributed by atoms with van der Waals surface area (Å²) in [7, 11) is -3.71. The number of hydrogen-bond donors (Lipinski definition) is 0. The van der Waals surface area contributed by atoms with Crippen molar-refractivity contribution >= 4 is 22.0 Å². The maximum atomic E-state index is 13.3. The largest absolute Gasteiger partial charge is 0.593 e. The number of rotatable bonds is 4. The zero-order valence-corrected chi connectivity index (χ0v) is 19.0. The van der Waals surface area contributed by atoms with E-state index in [1.807, 2.05) is 24.3 Å². The normalized spacial score (nSPS) is 19.0. The van der Waals surface area contributed by atoms with Crippen LogP contribution in [0.3, 0.4) is 0 Å². The first-order valence-corrected chi connectivity index (χ1v) is 12.2. The van der Waals surface area contributed by atoms with Crippen LogP contribution >= 0.6 is 11.6 Å². The first-order valence-electron chi connectivity index (χ1n) is 10.4. The summed E-state index contributed by atoms with van der Waals surface area (Å²) < 4.78 is 33.3. The van der Waals surface area contributed by atoms with Crippen molar-refractivity contribution in [2.75, 3.05) is 13.1 Å². The lowest BCUT2D eigenvalue weighted by Gasteiger charge is -2.25. The molecule has 1 atom stereocenters. The molecule has 0 radical (unpaired) electrons. The van der Waals surface area contributed by atoms with Crippen molar-refractivity contribution in [3.05, 3.63) is 57.8 Å². The Balaban J connectivity index is 1.53. The second-order valence-electron chi connectivity index (χ2n) is 8.19. The van der Waals surface area contributed by atoms with Gasteiger partial charge in [0.05, 0.1) is 5.69 Å². The number of hydrogen-bond acceptors (Lipinski definition) is 6. The molecule has 2 aromatic heterocycles. The molecule has 1 aliphatic heterocycles. The minimum absolute atomic E-state index is 0.168. The van der Waals surface area contributed by atoms with Crippen LogP contribution in [-0.4, -0.2) is 37.1 Å². The summed E-state index contributed by atoms with van der Waals surface area (Å²) in [6.07, 6.45) is 3.29. The third-order valence-corrected chi connectivity index (χ3v) is 8.34. The van der Waals surface area contributed by atoms with Crippen LogP contribution in [0.25, 0.3) is 11.3 Å². The molecule has 1 aliphatic carbocycles. The van der Waals surface area contributed by atoms with E-state index in [1.165, 1.54) is 4.31 Å². The molecule has 162 valence electrons. The fourth-order valence-corrected chi connectivity index (χ4v) is 6.04. The number of aromatic nitrogens is 3. The van der Waals surface area contributed by atoms with Crippen LogP contribution in [0.2, 0.25) is 5.02 Å². The molecule has 0 bridgehead atoms. The number of aryl methyl sites for hydroxylation is 2. The molecular weight excluding hydrogens is 436 g/mol. The van der Waals surface area contributed by atoms with E-state index in [1.54, 1.807) is 13.8 Å². The van der Waals surface area contributed by atoms with Gasteiger partial charge in [0.25, 0.3) is 0 Å². The Kier molecular flexibility index (Phi) is 5.21. The third-order valence-electron chi connectivity index (χ3n) is 5.95. The van der Waals surface area contributed by atoms with Crippen molar-refractivity contribution in [1.82, 2.24) is 19.4 Å². The Morgan fingerprint density at radius 3 is 2.48 bits per heavy atom. The highest BCUT2D eigenvalue weighted by molar-refractivity contribution is 7.95. The van der Waals surface area contributed by atoms with E-state index in [4.69, 9.17) is 26.1 Å². The number of nitrogens with zero attached hydrogens (tertiary/aromatic N) is 4. The Morgan fingerprint density at radius 1 is 1.13 bits per heavy atom. The van der Waals surface area contributed by atoms with Gasteiger partial charge >= 0.3 is 0 Å². The zero-order valence-electron chi connectivity index (χ0n) is 17.4. The molecule has 2 aliphatic rings. The van der Waals surface area contributed by atoms with Gasteiger partial charge in [-0.15, -0.1) is 4.31 Å². The Bertz CT molecular complexity index is 1170. The van der Waals surface area contributed by atoms with E-state index in [-0.39, 0.29) is 4.90 Å². The van der Waals surface area contributed by atoms with Crippen molar-refractivity contribution in [2.24, 2.45) is 0 Å². The highest BCUT2D eigenvalue weighted by Crippen LogP contribution is 2.40. The number of benzene rings is 1. The highest BCUT2D eigenvalue weighted by atomic mass is 35.5. The average molecular weight is 459 g/mol. The lowest BCUT2D eigenvalue weighted by molar-refractivity contribution is 0.358. The minimum Gasteiger partial charge on any atom is -0.593 e. The third kappa shape index (κ3) is 3.82. The van der Waals surface area contributed by atoms with Gasteiger partial charge in [0.2, 0.25) is 4.90 Å². The van der Waals surface area contributed by atoms with E-state index < -0.39 is 10.4 Å². The molecule has 0 saturated heterocycles. The molecule has 1 unspecified atom stereocenters. The Hall–Kier alpha value is -2.13. The summed E-state index contributed by atoms with van der Waals surface area (Å²) in [5.74, 6) is 1.59. The van der Waals surface area contributed by atoms with Crippen molar-refractivity contribution in [3.63, 3.8) is 0 Å². The molecule has 1 aromatic carbocycles. The summed E-state index contributed by atoms with van der Waals surface area (Å²) in [4.78, 5) is 9.94. The van der Waals surface area contributed by atoms with Crippen molar-refractivity contribution in [1.29, 1.82) is 0 Å². The molecule has 0 spiro atoms. The summed E-state index contributed by atoms with van der Waals surface area (Å²) in [5, 5.41) is 4.49. The molecule has 3 aromatic rings. The summed E-state index contributed by atoms with van der Waals surface area (Å²) in [6, 6.07) is 7.63. The van der Waals surface area contributed by atoms with E-state index in [0.717, 1.165) is 41.2 Å². The first-order chi connectivity index (χ1) is 14.8. The van der Waals surface area contributed by atoms with Gasteiger partial charge in [0.15, 0.2) is 16.2 Å². The maximum absolute atomic E-state index is 13.3. The van der Waals surface area contributed by atoms with E-state index in [0.29, 0.717) is 48.3 Å². The summed E-state index contributed by atoms with van der Waals surface area (Å²) in [5.41, 5.74) is 4.21. The standard InChI is InChI=1S/C22H23ClN4O3S/c1-13-21(14(2)30-26-13)31(28,29)27-11-9-18-19(10-12-27)24-22(16-3-4-16)25-20(18)15-5-7-17(23)8-6-15/h5-8,16H,3-4,9-12H2,1-2H3. The van der Waals surface area contributed by atoms with Gasteiger partial charge in [0.1, 0.15) is 11.5 Å². The summed E-state index contributed by atoms with van der Waals surface area (Å²) >= 11 is 6.09. The highest BCUT2D eigenvalue weighted by Gasteiger charge is 2.38. The lowest BCUT2D eigenvalue weighted by atomic mass is 10.0. The van der Waals surface area contributed by atoms with Gasteiger partial charge in [-0.05, 0) is 38.3 Å². The molecule has 3 heterocycles. The number of halogens is 1. The lowest BCUT2D eigenvalue weighted by Crippen LogP contribution is -2.38. The Labute approximate surface area is 187 Å². The van der Waals surface area contributed by atoms with Crippen LogP contribution in [0.5, 0.6) is 0 Å². The predicted molar refractivity (Wildman–Crippen MR) is 117 cm³/mol. The van der Waals surface area contributed by atoms with Crippen molar-refractivity contribution < 1.29 is 13.3 Å². The van der Waals surface area contributed by atoms with E-state index in [2.05, 4.69) is 5.16 Å². The van der Waals surface area contributed by atoms with Crippen LogP contribution < -0.4 is 0 Å². The van der Waals surface area contributed by atoms with Crippen LogP contribution in [0, 0.1) is 13.8 Å². The fraction of sp³-hybridized carbons (Fsp3) is 0.409. The molecule has 1 fully saturated rings. The predicted octanol–water partition coefficient (Wildman–Crippen LogP) is 4.28. The zero-order chi connectivity index (χ0) is 21.8. The van der Waals surface area contributed by atoms with Crippen molar-refractivity contribution in [3.8, 4) is 11.3 Å². The molecule has 0 N–H and O–H groups in total. The topological polar surface area (TPSA) is 95.2 Å². The molecule has 5 rings (SSSR count). The quantitative estimate of drug-likeness (QED) is 0.541. The van der Waals surface area contributed by atoms with Crippen LogP contribution in [0.4, 0.5) is 0 Å². The SMILES string of the molecule is Cc1noc(C)c1[S+](=O)([O-])N1CCc2nc(C3CC3)nc(-c3ccc(Cl)cc3)c2CC1. The van der Waals surface area contributed by atoms with Crippen molar-refractivity contribution in [2.45, 2.75) is 50.3 Å².